The molecule has 0 unspecified atom stereocenters. The summed E-state index contributed by atoms with van der Waals surface area (Å²) in [4.78, 5) is 13.6. The summed E-state index contributed by atoms with van der Waals surface area (Å²) >= 11 is 0. The Labute approximate surface area is 156 Å². The molecular formula is C18H22FN5O3. The van der Waals surface area contributed by atoms with Crippen LogP contribution < -0.4 is 5.32 Å². The first kappa shape index (κ1) is 18.0. The normalized spacial score (nSPS) is 21.9. The third-order valence-corrected chi connectivity index (χ3v) is 5.10. The summed E-state index contributed by atoms with van der Waals surface area (Å²) in [5.41, 5.74) is 0.476. The maximum atomic E-state index is 13.0. The van der Waals surface area contributed by atoms with E-state index in [9.17, 15) is 9.18 Å². The van der Waals surface area contributed by atoms with Crippen LogP contribution in [0.25, 0.3) is 11.4 Å². The molecule has 1 atom stereocenters. The number of carbonyl (C=O) groups excluding carboxylic acids is 1. The molecule has 1 amide bonds. The average molecular weight is 375 g/mol. The minimum Gasteiger partial charge on any atom is -0.381 e. The minimum absolute atomic E-state index is 0.0122. The minimum atomic E-state index is -0.329. The van der Waals surface area contributed by atoms with Crippen molar-refractivity contribution in [3.63, 3.8) is 0 Å². The Morgan fingerprint density at radius 3 is 2.81 bits per heavy atom. The number of aromatic nitrogens is 4. The second kappa shape index (κ2) is 7.69. The molecule has 2 aliphatic heterocycles. The molecule has 2 saturated heterocycles. The van der Waals surface area contributed by atoms with E-state index in [1.54, 1.807) is 12.1 Å². The van der Waals surface area contributed by atoms with Gasteiger partial charge in [0, 0.05) is 31.4 Å². The Kier molecular flexibility index (Phi) is 5.13. The fourth-order valence-corrected chi connectivity index (χ4v) is 3.67. The number of ether oxygens (including phenoxy) is 2. The summed E-state index contributed by atoms with van der Waals surface area (Å²) in [7, 11) is 0. The highest BCUT2D eigenvalue weighted by Crippen LogP contribution is 2.34. The Balaban J connectivity index is 1.33. The molecule has 1 spiro atoms. The number of hydrogen-bond donors (Lipinski definition) is 1. The van der Waals surface area contributed by atoms with Gasteiger partial charge in [-0.2, -0.15) is 4.80 Å². The molecule has 1 N–H and O–H groups in total. The number of carbonyl (C=O) groups is 1. The van der Waals surface area contributed by atoms with Crippen LogP contribution in [0.2, 0.25) is 0 Å². The smallest absolute Gasteiger partial charge is 0.243 e. The SMILES string of the molecule is O=C(Cn1nnc(-c2ccc(F)cc2)n1)N[C@@H]1CCOC2(CCOCC2)C1. The predicted octanol–water partition coefficient (Wildman–Crippen LogP) is 1.32. The molecule has 2 aromatic rings. The zero-order valence-electron chi connectivity index (χ0n) is 14.9. The van der Waals surface area contributed by atoms with E-state index in [-0.39, 0.29) is 29.9 Å². The van der Waals surface area contributed by atoms with Crippen LogP contribution in [0.15, 0.2) is 24.3 Å². The average Bonchev–Trinajstić information content (AvgIpc) is 3.11. The maximum Gasteiger partial charge on any atom is 0.243 e. The molecule has 2 aliphatic rings. The summed E-state index contributed by atoms with van der Waals surface area (Å²) in [5, 5.41) is 15.1. The van der Waals surface area contributed by atoms with E-state index in [0.29, 0.717) is 31.2 Å². The standard InChI is InChI=1S/C18H22FN5O3/c19-14-3-1-13(2-4-14)17-21-23-24(22-17)12-16(25)20-15-5-8-27-18(11-15)6-9-26-10-7-18/h1-4,15H,5-12H2,(H,20,25)/t15-/m1/s1. The lowest BCUT2D eigenvalue weighted by molar-refractivity contribution is -0.144. The monoisotopic (exact) mass is 375 g/mol. The summed E-state index contributed by atoms with van der Waals surface area (Å²) in [6.45, 7) is 2.04. The van der Waals surface area contributed by atoms with Gasteiger partial charge in [0.05, 0.1) is 5.60 Å². The Bertz CT molecular complexity index is 783. The van der Waals surface area contributed by atoms with Crippen molar-refractivity contribution in [1.29, 1.82) is 0 Å². The van der Waals surface area contributed by atoms with Gasteiger partial charge in [0.2, 0.25) is 11.7 Å². The van der Waals surface area contributed by atoms with Crippen LogP contribution in [0.1, 0.15) is 25.7 Å². The van der Waals surface area contributed by atoms with Crippen LogP contribution in [0.3, 0.4) is 0 Å². The number of tetrazole rings is 1. The van der Waals surface area contributed by atoms with Gasteiger partial charge in [0.25, 0.3) is 0 Å². The van der Waals surface area contributed by atoms with Crippen molar-refractivity contribution in [3.8, 4) is 11.4 Å². The van der Waals surface area contributed by atoms with Crippen molar-refractivity contribution in [1.82, 2.24) is 25.5 Å². The van der Waals surface area contributed by atoms with Gasteiger partial charge in [-0.1, -0.05) is 0 Å². The predicted molar refractivity (Wildman–Crippen MR) is 93.1 cm³/mol. The van der Waals surface area contributed by atoms with E-state index in [2.05, 4.69) is 20.7 Å². The Hall–Kier alpha value is -2.39. The summed E-state index contributed by atoms with van der Waals surface area (Å²) in [5.74, 6) is -0.133. The van der Waals surface area contributed by atoms with Crippen molar-refractivity contribution in [2.45, 2.75) is 43.9 Å². The summed E-state index contributed by atoms with van der Waals surface area (Å²) in [6.07, 6.45) is 3.32. The van der Waals surface area contributed by atoms with Crippen molar-refractivity contribution < 1.29 is 18.7 Å². The van der Waals surface area contributed by atoms with Crippen LogP contribution in [0.4, 0.5) is 4.39 Å². The van der Waals surface area contributed by atoms with Crippen molar-refractivity contribution in [2.24, 2.45) is 0 Å². The zero-order valence-corrected chi connectivity index (χ0v) is 14.9. The van der Waals surface area contributed by atoms with Crippen molar-refractivity contribution in [3.05, 3.63) is 30.1 Å². The van der Waals surface area contributed by atoms with E-state index in [1.165, 1.54) is 16.9 Å². The van der Waals surface area contributed by atoms with Crippen LogP contribution in [0.5, 0.6) is 0 Å². The quantitative estimate of drug-likeness (QED) is 0.867. The molecule has 9 heteroatoms. The molecule has 2 fully saturated rings. The van der Waals surface area contributed by atoms with Gasteiger partial charge < -0.3 is 14.8 Å². The highest BCUT2D eigenvalue weighted by molar-refractivity contribution is 5.75. The van der Waals surface area contributed by atoms with Crippen molar-refractivity contribution in [2.75, 3.05) is 19.8 Å². The molecule has 1 aromatic heterocycles. The second-order valence-corrected chi connectivity index (χ2v) is 7.05. The first-order valence-corrected chi connectivity index (χ1v) is 9.17. The van der Waals surface area contributed by atoms with Gasteiger partial charge in [-0.15, -0.1) is 10.2 Å². The lowest BCUT2D eigenvalue weighted by Gasteiger charge is -2.43. The molecule has 4 rings (SSSR count). The molecular weight excluding hydrogens is 353 g/mol. The number of rotatable bonds is 4. The highest BCUT2D eigenvalue weighted by atomic mass is 19.1. The third-order valence-electron chi connectivity index (χ3n) is 5.10. The van der Waals surface area contributed by atoms with E-state index < -0.39 is 0 Å². The largest absolute Gasteiger partial charge is 0.381 e. The first-order chi connectivity index (χ1) is 13.1. The van der Waals surface area contributed by atoms with Crippen molar-refractivity contribution >= 4 is 5.91 Å². The second-order valence-electron chi connectivity index (χ2n) is 7.05. The van der Waals surface area contributed by atoms with Crippen LogP contribution in [-0.4, -0.2) is 57.6 Å². The van der Waals surface area contributed by atoms with E-state index in [1.807, 2.05) is 0 Å². The number of nitrogens with zero attached hydrogens (tertiary/aromatic N) is 4. The molecule has 1 aromatic carbocycles. The number of benzene rings is 1. The van der Waals surface area contributed by atoms with Crippen LogP contribution in [-0.2, 0) is 20.8 Å². The van der Waals surface area contributed by atoms with Gasteiger partial charge in [-0.3, -0.25) is 4.79 Å². The van der Waals surface area contributed by atoms with Crippen LogP contribution in [0, 0.1) is 5.82 Å². The van der Waals surface area contributed by atoms with Gasteiger partial charge in [-0.25, -0.2) is 4.39 Å². The third kappa shape index (κ3) is 4.30. The molecule has 0 radical (unpaired) electrons. The van der Waals surface area contributed by atoms with Gasteiger partial charge in [0.15, 0.2) is 0 Å². The molecule has 27 heavy (non-hydrogen) atoms. The molecule has 3 heterocycles. The van der Waals surface area contributed by atoms with Gasteiger partial charge in [-0.05, 0) is 55.2 Å². The lowest BCUT2D eigenvalue weighted by Crippen LogP contribution is -2.51. The number of amides is 1. The van der Waals surface area contributed by atoms with Gasteiger partial charge >= 0.3 is 0 Å². The molecule has 144 valence electrons. The molecule has 0 bridgehead atoms. The van der Waals surface area contributed by atoms with E-state index in [0.717, 1.165) is 25.7 Å². The maximum absolute atomic E-state index is 13.0. The molecule has 0 aliphatic carbocycles. The number of hydrogen-bond acceptors (Lipinski definition) is 6. The van der Waals surface area contributed by atoms with Gasteiger partial charge in [0.1, 0.15) is 12.4 Å². The number of nitrogens with one attached hydrogen (secondary N) is 1. The summed E-state index contributed by atoms with van der Waals surface area (Å²) < 4.78 is 24.4. The first-order valence-electron chi connectivity index (χ1n) is 9.17. The topological polar surface area (TPSA) is 91.2 Å². The highest BCUT2D eigenvalue weighted by Gasteiger charge is 2.39. The van der Waals surface area contributed by atoms with E-state index in [4.69, 9.17) is 9.47 Å². The Morgan fingerprint density at radius 1 is 1.26 bits per heavy atom. The fraction of sp³-hybridized carbons (Fsp3) is 0.556. The van der Waals surface area contributed by atoms with Crippen LogP contribution >= 0.6 is 0 Å². The number of halogens is 1. The summed E-state index contributed by atoms with van der Waals surface area (Å²) in [6, 6.07) is 5.89. The fourth-order valence-electron chi connectivity index (χ4n) is 3.67. The molecule has 8 nitrogen and oxygen atoms in total. The molecule has 0 saturated carbocycles. The lowest BCUT2D eigenvalue weighted by atomic mass is 9.84. The van der Waals surface area contributed by atoms with E-state index >= 15 is 0 Å². The zero-order chi connectivity index (χ0) is 18.7. The Morgan fingerprint density at radius 2 is 2.04 bits per heavy atom.